The van der Waals surface area contributed by atoms with E-state index in [1.165, 1.54) is 0 Å². The Morgan fingerprint density at radius 3 is 2.35 bits per heavy atom. The molecule has 6 heteroatoms. The summed E-state index contributed by atoms with van der Waals surface area (Å²) >= 11 is 12.5. The topological polar surface area (TPSA) is 49.4 Å². The summed E-state index contributed by atoms with van der Waals surface area (Å²) in [5.74, 6) is -0.201. The zero-order chi connectivity index (χ0) is 26.4. The Kier molecular flexibility index (Phi) is 9.28. The van der Waals surface area contributed by atoms with E-state index in [0.29, 0.717) is 16.5 Å². The van der Waals surface area contributed by atoms with E-state index in [9.17, 15) is 9.59 Å². The van der Waals surface area contributed by atoms with Crippen molar-refractivity contribution < 1.29 is 9.59 Å². The molecule has 0 unspecified atom stereocenters. The van der Waals surface area contributed by atoms with E-state index in [2.05, 4.69) is 11.4 Å². The van der Waals surface area contributed by atoms with Gasteiger partial charge in [0.05, 0.1) is 16.5 Å². The minimum atomic E-state index is -0.657. The summed E-state index contributed by atoms with van der Waals surface area (Å²) in [6.07, 6.45) is 4.84. The van der Waals surface area contributed by atoms with Gasteiger partial charge in [0.2, 0.25) is 11.8 Å². The molecule has 0 heterocycles. The van der Waals surface area contributed by atoms with Crippen LogP contribution >= 0.6 is 23.2 Å². The predicted molar refractivity (Wildman–Crippen MR) is 151 cm³/mol. The van der Waals surface area contributed by atoms with E-state index < -0.39 is 6.04 Å². The van der Waals surface area contributed by atoms with Gasteiger partial charge in [-0.15, -0.1) is 0 Å². The Labute approximate surface area is 230 Å². The molecule has 0 spiro atoms. The highest BCUT2D eigenvalue weighted by molar-refractivity contribution is 6.42. The molecule has 1 saturated carbocycles. The van der Waals surface area contributed by atoms with Gasteiger partial charge in [-0.3, -0.25) is 9.59 Å². The molecular weight excluding hydrogens is 503 g/mol. The van der Waals surface area contributed by atoms with Gasteiger partial charge in [-0.05, 0) is 61.1 Å². The number of rotatable bonds is 9. The maximum Gasteiger partial charge on any atom is 0.243 e. The van der Waals surface area contributed by atoms with Crippen molar-refractivity contribution in [1.82, 2.24) is 10.2 Å². The fraction of sp³-hybridized carbons (Fsp3) is 0.355. The van der Waals surface area contributed by atoms with Crippen molar-refractivity contribution in [2.45, 2.75) is 71.0 Å². The van der Waals surface area contributed by atoms with Gasteiger partial charge in [-0.2, -0.15) is 0 Å². The molecule has 4 nitrogen and oxygen atoms in total. The van der Waals surface area contributed by atoms with Crippen molar-refractivity contribution in [3.8, 4) is 0 Å². The first-order valence-corrected chi connectivity index (χ1v) is 13.7. The fourth-order valence-corrected chi connectivity index (χ4v) is 5.33. The quantitative estimate of drug-likeness (QED) is 0.325. The lowest BCUT2D eigenvalue weighted by molar-refractivity contribution is -0.141. The van der Waals surface area contributed by atoms with E-state index in [4.69, 9.17) is 23.2 Å². The first-order chi connectivity index (χ1) is 17.8. The van der Waals surface area contributed by atoms with Crippen LogP contribution in [0.2, 0.25) is 10.0 Å². The van der Waals surface area contributed by atoms with Crippen LogP contribution in [0.5, 0.6) is 0 Å². The van der Waals surface area contributed by atoms with E-state index in [1.54, 1.807) is 17.0 Å². The number of hydrogen-bond donors (Lipinski definition) is 1. The second-order valence-electron chi connectivity index (χ2n) is 10.1. The van der Waals surface area contributed by atoms with Crippen LogP contribution in [0.25, 0.3) is 0 Å². The molecule has 37 heavy (non-hydrogen) atoms. The van der Waals surface area contributed by atoms with Gasteiger partial charge in [0.25, 0.3) is 0 Å². The van der Waals surface area contributed by atoms with Crippen LogP contribution in [0.3, 0.4) is 0 Å². The minimum Gasteiger partial charge on any atom is -0.352 e. The maximum absolute atomic E-state index is 14.0. The fourth-order valence-electron chi connectivity index (χ4n) is 5.01. The highest BCUT2D eigenvalue weighted by Crippen LogP contribution is 2.25. The van der Waals surface area contributed by atoms with E-state index in [-0.39, 0.29) is 30.8 Å². The third-order valence-electron chi connectivity index (χ3n) is 7.16. The molecule has 194 valence electrons. The zero-order valence-corrected chi connectivity index (χ0v) is 23.0. The number of nitrogens with one attached hydrogen (secondary N) is 1. The SMILES string of the molecule is Cc1ccc(C)c(CC(=O)N(Cc2ccc(Cl)c(Cl)c2)[C@@H](Cc2ccccc2)C(=O)NC2CCCC2)c1. The Morgan fingerprint density at radius 1 is 0.919 bits per heavy atom. The van der Waals surface area contributed by atoms with Crippen LogP contribution in [0.15, 0.2) is 66.7 Å². The first-order valence-electron chi connectivity index (χ1n) is 12.9. The van der Waals surface area contributed by atoms with Crippen molar-refractivity contribution in [1.29, 1.82) is 0 Å². The molecule has 4 rings (SSSR count). The van der Waals surface area contributed by atoms with Gasteiger partial charge < -0.3 is 10.2 Å². The van der Waals surface area contributed by atoms with Crippen molar-refractivity contribution in [3.05, 3.63) is 105 Å². The van der Waals surface area contributed by atoms with Crippen LogP contribution in [0.1, 0.15) is 53.5 Å². The summed E-state index contributed by atoms with van der Waals surface area (Å²) in [7, 11) is 0. The number of carbonyl (C=O) groups excluding carboxylic acids is 2. The van der Waals surface area contributed by atoms with Crippen molar-refractivity contribution >= 4 is 35.0 Å². The molecule has 3 aromatic carbocycles. The number of benzene rings is 3. The molecule has 1 fully saturated rings. The van der Waals surface area contributed by atoms with Crippen molar-refractivity contribution in [3.63, 3.8) is 0 Å². The lowest BCUT2D eigenvalue weighted by atomic mass is 9.99. The van der Waals surface area contributed by atoms with Crippen molar-refractivity contribution in [2.75, 3.05) is 0 Å². The molecule has 0 saturated heterocycles. The molecule has 1 N–H and O–H groups in total. The van der Waals surface area contributed by atoms with Crippen LogP contribution in [-0.4, -0.2) is 28.8 Å². The number of halogens is 2. The van der Waals surface area contributed by atoms with Gasteiger partial charge in [0.15, 0.2) is 0 Å². The highest BCUT2D eigenvalue weighted by atomic mass is 35.5. The molecule has 1 aliphatic carbocycles. The average molecular weight is 538 g/mol. The number of aryl methyl sites for hydroxylation is 2. The summed E-state index contributed by atoms with van der Waals surface area (Å²) in [6, 6.07) is 20.9. The molecule has 3 aromatic rings. The van der Waals surface area contributed by atoms with Gasteiger partial charge in [0, 0.05) is 19.0 Å². The summed E-state index contributed by atoms with van der Waals surface area (Å²) in [5.41, 5.74) is 4.97. The lowest BCUT2D eigenvalue weighted by Gasteiger charge is -2.32. The van der Waals surface area contributed by atoms with E-state index >= 15 is 0 Å². The monoisotopic (exact) mass is 536 g/mol. The summed E-state index contributed by atoms with van der Waals surface area (Å²) in [6.45, 7) is 4.30. The standard InChI is InChI=1S/C31H34Cl2N2O2/c1-21-12-13-22(2)25(16-21)19-30(36)35(20-24-14-15-27(32)28(33)17-24)29(18-23-8-4-3-5-9-23)31(37)34-26-10-6-7-11-26/h3-5,8-9,12-17,26,29H,6-7,10-11,18-20H2,1-2H3,(H,34,37)/t29-/m0/s1. The first kappa shape index (κ1) is 27.2. The second-order valence-corrected chi connectivity index (χ2v) is 10.9. The number of hydrogen-bond acceptors (Lipinski definition) is 2. The molecule has 1 aliphatic rings. The third kappa shape index (κ3) is 7.37. The molecule has 0 aromatic heterocycles. The van der Waals surface area contributed by atoms with Gasteiger partial charge >= 0.3 is 0 Å². The molecule has 1 atom stereocenters. The second kappa shape index (κ2) is 12.6. The maximum atomic E-state index is 14.0. The molecule has 2 amide bonds. The number of carbonyl (C=O) groups is 2. The van der Waals surface area contributed by atoms with Crippen LogP contribution in [0, 0.1) is 13.8 Å². The van der Waals surface area contributed by atoms with Crippen LogP contribution in [-0.2, 0) is 29.0 Å². The third-order valence-corrected chi connectivity index (χ3v) is 7.89. The van der Waals surface area contributed by atoms with E-state index in [0.717, 1.165) is 53.5 Å². The highest BCUT2D eigenvalue weighted by Gasteiger charge is 2.32. The number of amides is 2. The minimum absolute atomic E-state index is 0.0951. The van der Waals surface area contributed by atoms with E-state index in [1.807, 2.05) is 62.4 Å². The normalized spacial score (nSPS) is 14.4. The van der Waals surface area contributed by atoms with Gasteiger partial charge in [0.1, 0.15) is 6.04 Å². The molecular formula is C31H34Cl2N2O2. The Bertz CT molecular complexity index is 1240. The average Bonchev–Trinajstić information content (AvgIpc) is 3.39. The largest absolute Gasteiger partial charge is 0.352 e. The van der Waals surface area contributed by atoms with Crippen molar-refractivity contribution in [2.24, 2.45) is 0 Å². The Balaban J connectivity index is 1.69. The van der Waals surface area contributed by atoms with Gasteiger partial charge in [-0.1, -0.05) is 96.2 Å². The lowest BCUT2D eigenvalue weighted by Crippen LogP contribution is -2.52. The van der Waals surface area contributed by atoms with Crippen LogP contribution < -0.4 is 5.32 Å². The summed E-state index contributed by atoms with van der Waals surface area (Å²) < 4.78 is 0. The summed E-state index contributed by atoms with van der Waals surface area (Å²) in [4.78, 5) is 29.5. The zero-order valence-electron chi connectivity index (χ0n) is 21.5. The molecule has 0 bridgehead atoms. The Morgan fingerprint density at radius 2 is 1.65 bits per heavy atom. The van der Waals surface area contributed by atoms with Crippen LogP contribution in [0.4, 0.5) is 0 Å². The molecule has 0 aliphatic heterocycles. The molecule has 0 radical (unpaired) electrons. The smallest absolute Gasteiger partial charge is 0.243 e. The summed E-state index contributed by atoms with van der Waals surface area (Å²) in [5, 5.41) is 4.13. The Hall–Kier alpha value is -2.82. The number of nitrogens with zero attached hydrogens (tertiary/aromatic N) is 1. The predicted octanol–water partition coefficient (Wildman–Crippen LogP) is 6.85. The van der Waals surface area contributed by atoms with Gasteiger partial charge in [-0.25, -0.2) is 0 Å².